The molecule has 0 aliphatic heterocycles. The van der Waals surface area contributed by atoms with Crippen molar-refractivity contribution in [3.63, 3.8) is 0 Å². The van der Waals surface area contributed by atoms with Gasteiger partial charge in [0.05, 0.1) is 6.04 Å². The van der Waals surface area contributed by atoms with E-state index in [0.717, 1.165) is 12.2 Å². The van der Waals surface area contributed by atoms with Gasteiger partial charge < -0.3 is 9.88 Å². The van der Waals surface area contributed by atoms with Crippen LogP contribution in [-0.2, 0) is 6.54 Å². The van der Waals surface area contributed by atoms with E-state index in [9.17, 15) is 0 Å². The summed E-state index contributed by atoms with van der Waals surface area (Å²) >= 11 is 0. The summed E-state index contributed by atoms with van der Waals surface area (Å²) in [5.74, 6) is 0. The molecule has 0 aliphatic rings. The highest BCUT2D eigenvalue weighted by molar-refractivity contribution is 5.82. The highest BCUT2D eigenvalue weighted by atomic mass is 15.0. The van der Waals surface area contributed by atoms with Crippen molar-refractivity contribution in [2.75, 3.05) is 5.32 Å². The Balaban J connectivity index is 1.87. The van der Waals surface area contributed by atoms with E-state index < -0.39 is 0 Å². The van der Waals surface area contributed by atoms with Crippen molar-refractivity contribution in [1.82, 2.24) is 4.57 Å². The first-order valence-corrected chi connectivity index (χ1v) is 8.92. The predicted molar refractivity (Wildman–Crippen MR) is 110 cm³/mol. The maximum atomic E-state index is 3.96. The van der Waals surface area contributed by atoms with Crippen LogP contribution in [0.25, 0.3) is 10.9 Å². The standard InChI is InChI=1S/C24H22N2/c1-2-17-26-22-16-10-9-13-20(22)18-23(26)24(19-11-5-3-6-12-19)25-21-14-7-4-8-15-21/h2-16,18,24-25H,1,17H2. The van der Waals surface area contributed by atoms with Crippen molar-refractivity contribution in [3.05, 3.63) is 115 Å². The highest BCUT2D eigenvalue weighted by Gasteiger charge is 2.19. The summed E-state index contributed by atoms with van der Waals surface area (Å²) in [4.78, 5) is 0. The van der Waals surface area contributed by atoms with Crippen LogP contribution in [-0.4, -0.2) is 4.57 Å². The Hall–Kier alpha value is -3.26. The predicted octanol–water partition coefficient (Wildman–Crippen LogP) is 6.03. The maximum absolute atomic E-state index is 3.96. The van der Waals surface area contributed by atoms with E-state index >= 15 is 0 Å². The number of rotatable bonds is 6. The summed E-state index contributed by atoms with van der Waals surface area (Å²) < 4.78 is 2.34. The van der Waals surface area contributed by atoms with Gasteiger partial charge in [0, 0.05) is 23.4 Å². The molecule has 1 aromatic heterocycles. The minimum Gasteiger partial charge on any atom is -0.373 e. The van der Waals surface area contributed by atoms with E-state index in [4.69, 9.17) is 0 Å². The molecule has 2 nitrogen and oxygen atoms in total. The molecule has 0 bridgehead atoms. The number of fused-ring (bicyclic) bond motifs is 1. The Morgan fingerprint density at radius 2 is 1.50 bits per heavy atom. The molecule has 1 heterocycles. The molecule has 4 rings (SSSR count). The van der Waals surface area contributed by atoms with Crippen molar-refractivity contribution >= 4 is 16.6 Å². The number of aromatic nitrogens is 1. The van der Waals surface area contributed by atoms with Gasteiger partial charge in [0.1, 0.15) is 0 Å². The fourth-order valence-corrected chi connectivity index (χ4v) is 3.48. The number of para-hydroxylation sites is 2. The molecule has 0 amide bonds. The maximum Gasteiger partial charge on any atom is 0.0920 e. The molecule has 0 spiro atoms. The molecule has 1 unspecified atom stereocenters. The van der Waals surface area contributed by atoms with Crippen LogP contribution in [0.3, 0.4) is 0 Å². The number of anilines is 1. The Kier molecular flexibility index (Phi) is 4.57. The van der Waals surface area contributed by atoms with Crippen molar-refractivity contribution in [3.8, 4) is 0 Å². The van der Waals surface area contributed by atoms with Gasteiger partial charge in [0.25, 0.3) is 0 Å². The van der Waals surface area contributed by atoms with E-state index in [2.05, 4.69) is 101 Å². The third-order valence-corrected chi connectivity index (χ3v) is 4.67. The smallest absolute Gasteiger partial charge is 0.0920 e. The third kappa shape index (κ3) is 3.14. The number of nitrogens with one attached hydrogen (secondary N) is 1. The molecule has 3 aromatic carbocycles. The zero-order chi connectivity index (χ0) is 17.8. The highest BCUT2D eigenvalue weighted by Crippen LogP contribution is 2.31. The van der Waals surface area contributed by atoms with Crippen molar-refractivity contribution in [1.29, 1.82) is 0 Å². The molecule has 0 saturated carbocycles. The van der Waals surface area contributed by atoms with Crippen molar-refractivity contribution in [2.24, 2.45) is 0 Å². The molecule has 4 aromatic rings. The van der Waals surface area contributed by atoms with Gasteiger partial charge in [-0.1, -0.05) is 72.8 Å². The quantitative estimate of drug-likeness (QED) is 0.425. The SMILES string of the molecule is C=CCn1c(C(Nc2ccccc2)c2ccccc2)cc2ccccc21. The molecular formula is C24H22N2. The fraction of sp³-hybridized carbons (Fsp3) is 0.0833. The normalized spacial score (nSPS) is 12.0. The molecular weight excluding hydrogens is 316 g/mol. The number of nitrogens with zero attached hydrogens (tertiary/aromatic N) is 1. The number of benzene rings is 3. The van der Waals surface area contributed by atoms with Crippen LogP contribution in [0.4, 0.5) is 5.69 Å². The monoisotopic (exact) mass is 338 g/mol. The molecule has 1 N–H and O–H groups in total. The van der Waals surface area contributed by atoms with Crippen LogP contribution in [0.2, 0.25) is 0 Å². The van der Waals surface area contributed by atoms with Gasteiger partial charge in [0.2, 0.25) is 0 Å². The first kappa shape index (κ1) is 16.2. The second-order valence-corrected chi connectivity index (χ2v) is 6.38. The Labute approximate surface area is 154 Å². The molecule has 0 fully saturated rings. The molecule has 0 saturated heterocycles. The summed E-state index contributed by atoms with van der Waals surface area (Å²) in [5.41, 5.74) is 4.82. The summed E-state index contributed by atoms with van der Waals surface area (Å²) in [6.45, 7) is 4.74. The van der Waals surface area contributed by atoms with Crippen LogP contribution < -0.4 is 5.32 Å². The lowest BCUT2D eigenvalue weighted by Crippen LogP contribution is -2.16. The number of allylic oxidation sites excluding steroid dienone is 1. The second-order valence-electron chi connectivity index (χ2n) is 6.38. The van der Waals surface area contributed by atoms with E-state index in [-0.39, 0.29) is 6.04 Å². The van der Waals surface area contributed by atoms with E-state index in [1.165, 1.54) is 22.2 Å². The first-order chi connectivity index (χ1) is 12.9. The van der Waals surface area contributed by atoms with Gasteiger partial charge >= 0.3 is 0 Å². The molecule has 0 radical (unpaired) electrons. The van der Waals surface area contributed by atoms with Gasteiger partial charge in [-0.3, -0.25) is 0 Å². The zero-order valence-corrected chi connectivity index (χ0v) is 14.7. The van der Waals surface area contributed by atoms with E-state index in [1.807, 2.05) is 12.1 Å². The van der Waals surface area contributed by atoms with Gasteiger partial charge in [-0.15, -0.1) is 6.58 Å². The molecule has 2 heteroatoms. The first-order valence-electron chi connectivity index (χ1n) is 8.92. The largest absolute Gasteiger partial charge is 0.373 e. The van der Waals surface area contributed by atoms with Gasteiger partial charge in [0.15, 0.2) is 0 Å². The van der Waals surface area contributed by atoms with Crippen LogP contribution in [0, 0.1) is 0 Å². The fourth-order valence-electron chi connectivity index (χ4n) is 3.48. The lowest BCUT2D eigenvalue weighted by atomic mass is 10.0. The summed E-state index contributed by atoms with van der Waals surface area (Å²) in [6.07, 6.45) is 1.96. The zero-order valence-electron chi connectivity index (χ0n) is 14.7. The second kappa shape index (κ2) is 7.32. The van der Waals surface area contributed by atoms with E-state index in [0.29, 0.717) is 0 Å². The van der Waals surface area contributed by atoms with Crippen LogP contribution in [0.5, 0.6) is 0 Å². The lowest BCUT2D eigenvalue weighted by Gasteiger charge is -2.23. The lowest BCUT2D eigenvalue weighted by molar-refractivity contribution is 0.752. The van der Waals surface area contributed by atoms with Crippen LogP contribution in [0.15, 0.2) is 104 Å². The third-order valence-electron chi connectivity index (χ3n) is 4.67. The molecule has 26 heavy (non-hydrogen) atoms. The van der Waals surface area contributed by atoms with Crippen LogP contribution >= 0.6 is 0 Å². The molecule has 0 aliphatic carbocycles. The van der Waals surface area contributed by atoms with Crippen LogP contribution in [0.1, 0.15) is 17.3 Å². The van der Waals surface area contributed by atoms with Crippen molar-refractivity contribution in [2.45, 2.75) is 12.6 Å². The molecule has 1 atom stereocenters. The van der Waals surface area contributed by atoms with Gasteiger partial charge in [-0.25, -0.2) is 0 Å². The summed E-state index contributed by atoms with van der Waals surface area (Å²) in [6, 6.07) is 31.8. The topological polar surface area (TPSA) is 17.0 Å². The minimum absolute atomic E-state index is 0.0611. The number of hydrogen-bond acceptors (Lipinski definition) is 1. The van der Waals surface area contributed by atoms with Gasteiger partial charge in [-0.2, -0.15) is 0 Å². The van der Waals surface area contributed by atoms with E-state index in [1.54, 1.807) is 0 Å². The average molecular weight is 338 g/mol. The summed E-state index contributed by atoms with van der Waals surface area (Å²) in [7, 11) is 0. The Morgan fingerprint density at radius 1 is 0.846 bits per heavy atom. The average Bonchev–Trinajstić information content (AvgIpc) is 3.06. The van der Waals surface area contributed by atoms with Crippen molar-refractivity contribution < 1.29 is 0 Å². The minimum atomic E-state index is 0.0611. The summed E-state index contributed by atoms with van der Waals surface area (Å²) in [5, 5.41) is 4.97. The Morgan fingerprint density at radius 3 is 2.23 bits per heavy atom. The Bertz CT molecular complexity index is 1000. The molecule has 128 valence electrons. The number of hydrogen-bond donors (Lipinski definition) is 1. The van der Waals surface area contributed by atoms with Gasteiger partial charge in [-0.05, 0) is 35.2 Å².